The van der Waals surface area contributed by atoms with E-state index in [1.54, 1.807) is 30.3 Å². The van der Waals surface area contributed by atoms with Gasteiger partial charge in [-0.3, -0.25) is 0 Å². The van der Waals surface area contributed by atoms with Gasteiger partial charge < -0.3 is 9.47 Å². The molecule has 4 nitrogen and oxygen atoms in total. The van der Waals surface area contributed by atoms with Crippen molar-refractivity contribution in [1.82, 2.24) is 0 Å². The average Bonchev–Trinajstić information content (AvgIpc) is 2.51. The van der Waals surface area contributed by atoms with Crippen LogP contribution in [0, 0.1) is 0 Å². The van der Waals surface area contributed by atoms with Gasteiger partial charge in [0.25, 0.3) is 0 Å². The molecule has 0 N–H and O–H groups in total. The Morgan fingerprint density at radius 3 is 2.29 bits per heavy atom. The van der Waals surface area contributed by atoms with Crippen LogP contribution in [0.3, 0.4) is 0 Å². The van der Waals surface area contributed by atoms with Crippen LogP contribution < -0.4 is 9.47 Å². The lowest BCUT2D eigenvalue weighted by atomic mass is 10.2. The fraction of sp³-hybridized carbons (Fsp3) is 0.250. The number of fused-ring (bicyclic) bond motifs is 1. The molecule has 8 heteroatoms. The van der Waals surface area contributed by atoms with E-state index in [1.807, 2.05) is 0 Å². The van der Waals surface area contributed by atoms with Crippen molar-refractivity contribution in [3.8, 4) is 11.5 Å². The van der Waals surface area contributed by atoms with E-state index >= 15 is 0 Å². The quantitative estimate of drug-likeness (QED) is 0.747. The Morgan fingerprint density at radius 2 is 1.58 bits per heavy atom. The maximum Gasteiger partial charge on any atom is 0.179 e. The van der Waals surface area contributed by atoms with Gasteiger partial charge in [0.1, 0.15) is 13.2 Å². The summed E-state index contributed by atoms with van der Waals surface area (Å²) in [6.07, 6.45) is 0. The largest absolute Gasteiger partial charge is 0.486 e. The van der Waals surface area contributed by atoms with Crippen LogP contribution in [-0.2, 0) is 21.3 Å². The number of halogens is 3. The van der Waals surface area contributed by atoms with Gasteiger partial charge in [0.15, 0.2) is 21.3 Å². The van der Waals surface area contributed by atoms with Gasteiger partial charge in [-0.1, -0.05) is 40.9 Å². The van der Waals surface area contributed by atoms with Crippen LogP contribution >= 0.6 is 34.8 Å². The van der Waals surface area contributed by atoms with E-state index in [2.05, 4.69) is 0 Å². The maximum absolute atomic E-state index is 12.5. The Morgan fingerprint density at radius 1 is 0.917 bits per heavy atom. The zero-order valence-corrected chi connectivity index (χ0v) is 15.5. The molecule has 1 heterocycles. The summed E-state index contributed by atoms with van der Waals surface area (Å²) >= 11 is 18.2. The third-order valence-corrected chi connectivity index (χ3v) is 5.96. The lowest BCUT2D eigenvalue weighted by Crippen LogP contribution is -2.16. The van der Waals surface area contributed by atoms with Crippen molar-refractivity contribution in [2.45, 2.75) is 11.5 Å². The molecule has 1 aliphatic heterocycles. The predicted octanol–water partition coefficient (Wildman–Crippen LogP) is 4.53. The summed E-state index contributed by atoms with van der Waals surface area (Å²) in [7, 11) is -3.50. The minimum Gasteiger partial charge on any atom is -0.486 e. The Bertz CT molecular complexity index is 861. The highest BCUT2D eigenvalue weighted by Crippen LogP contribution is 2.39. The van der Waals surface area contributed by atoms with E-state index in [0.717, 1.165) is 0 Å². The molecule has 0 fully saturated rings. The molecule has 0 aliphatic carbocycles. The highest BCUT2D eigenvalue weighted by molar-refractivity contribution is 7.89. The molecule has 1 aliphatic rings. The molecule has 0 radical (unpaired) electrons. The molecular formula is C16H13Cl3O4S. The van der Waals surface area contributed by atoms with E-state index in [-0.39, 0.29) is 11.5 Å². The topological polar surface area (TPSA) is 52.6 Å². The summed E-state index contributed by atoms with van der Waals surface area (Å²) in [5.41, 5.74) is 0.914. The first-order valence-corrected chi connectivity index (χ1v) is 10.0. The molecule has 2 aromatic carbocycles. The molecule has 0 aromatic heterocycles. The van der Waals surface area contributed by atoms with Crippen molar-refractivity contribution in [3.05, 3.63) is 56.5 Å². The van der Waals surface area contributed by atoms with Gasteiger partial charge in [-0.15, -0.1) is 0 Å². The molecule has 2 aromatic rings. The normalized spacial score (nSPS) is 13.8. The van der Waals surface area contributed by atoms with Gasteiger partial charge in [0.05, 0.1) is 16.5 Å². The van der Waals surface area contributed by atoms with Crippen LogP contribution in [0.2, 0.25) is 15.1 Å². The summed E-state index contributed by atoms with van der Waals surface area (Å²) in [5, 5.41) is 0.978. The van der Waals surface area contributed by atoms with Gasteiger partial charge in [-0.2, -0.15) is 0 Å². The molecule has 3 rings (SSSR count). The molecule has 0 saturated carbocycles. The second kappa shape index (κ2) is 7.00. The van der Waals surface area contributed by atoms with Gasteiger partial charge in [0, 0.05) is 15.6 Å². The lowest BCUT2D eigenvalue weighted by Gasteiger charge is -2.20. The molecule has 128 valence electrons. The molecule has 0 amide bonds. The van der Waals surface area contributed by atoms with Gasteiger partial charge in [-0.25, -0.2) is 8.42 Å². The average molecular weight is 408 g/mol. The number of ether oxygens (including phenoxy) is 2. The van der Waals surface area contributed by atoms with E-state index in [0.29, 0.717) is 50.9 Å². The zero-order valence-electron chi connectivity index (χ0n) is 12.4. The van der Waals surface area contributed by atoms with E-state index in [1.165, 1.54) is 0 Å². The Balaban J connectivity index is 1.86. The Hall–Kier alpha value is -1.14. The molecular weight excluding hydrogens is 395 g/mol. The van der Waals surface area contributed by atoms with Crippen molar-refractivity contribution in [2.75, 3.05) is 13.2 Å². The van der Waals surface area contributed by atoms with Crippen LogP contribution in [0.25, 0.3) is 0 Å². The highest BCUT2D eigenvalue weighted by atomic mass is 35.5. The van der Waals surface area contributed by atoms with E-state index in [9.17, 15) is 8.42 Å². The number of benzene rings is 2. The van der Waals surface area contributed by atoms with Crippen molar-refractivity contribution in [1.29, 1.82) is 0 Å². The standard InChI is InChI=1S/C16H13Cl3O4S/c17-12-2-1-3-13(18)11(12)9-24(20,21)8-10-6-14(19)16-15(7-10)22-4-5-23-16/h1-3,6-7H,4-5,8-9H2. The third kappa shape index (κ3) is 3.91. The summed E-state index contributed by atoms with van der Waals surface area (Å²) in [4.78, 5) is 0. The van der Waals surface area contributed by atoms with Gasteiger partial charge in [-0.05, 0) is 29.8 Å². The third-order valence-electron chi connectivity index (χ3n) is 3.47. The van der Waals surface area contributed by atoms with Gasteiger partial charge >= 0.3 is 0 Å². The van der Waals surface area contributed by atoms with Crippen LogP contribution in [-0.4, -0.2) is 21.6 Å². The maximum atomic E-state index is 12.5. The van der Waals surface area contributed by atoms with Crippen LogP contribution in [0.1, 0.15) is 11.1 Å². The first-order chi connectivity index (χ1) is 11.4. The number of sulfone groups is 1. The van der Waals surface area contributed by atoms with Crippen LogP contribution in [0.15, 0.2) is 30.3 Å². The molecule has 0 atom stereocenters. The molecule has 24 heavy (non-hydrogen) atoms. The molecule has 0 saturated heterocycles. The van der Waals surface area contributed by atoms with Crippen LogP contribution in [0.4, 0.5) is 0 Å². The summed E-state index contributed by atoms with van der Waals surface area (Å²) in [6.45, 7) is 0.810. The van der Waals surface area contributed by atoms with Gasteiger partial charge in [0.2, 0.25) is 0 Å². The minimum atomic E-state index is -3.50. The fourth-order valence-electron chi connectivity index (χ4n) is 2.44. The van der Waals surface area contributed by atoms with E-state index < -0.39 is 9.84 Å². The first kappa shape index (κ1) is 17.7. The first-order valence-electron chi connectivity index (χ1n) is 7.07. The number of hydrogen-bond donors (Lipinski definition) is 0. The Labute approximate surface area is 155 Å². The van der Waals surface area contributed by atoms with Crippen molar-refractivity contribution < 1.29 is 17.9 Å². The van der Waals surface area contributed by atoms with Crippen molar-refractivity contribution >= 4 is 44.6 Å². The fourth-order valence-corrected chi connectivity index (χ4v) is 4.95. The predicted molar refractivity (Wildman–Crippen MR) is 95.2 cm³/mol. The second-order valence-corrected chi connectivity index (χ2v) is 8.62. The minimum absolute atomic E-state index is 0.203. The Kier molecular flexibility index (Phi) is 5.16. The van der Waals surface area contributed by atoms with Crippen LogP contribution in [0.5, 0.6) is 11.5 Å². The number of rotatable bonds is 4. The van der Waals surface area contributed by atoms with Crippen molar-refractivity contribution in [2.24, 2.45) is 0 Å². The lowest BCUT2D eigenvalue weighted by molar-refractivity contribution is 0.171. The molecule has 0 bridgehead atoms. The smallest absolute Gasteiger partial charge is 0.179 e. The SMILES string of the molecule is O=S(=O)(Cc1cc(Cl)c2c(c1)OCCO2)Cc1c(Cl)cccc1Cl. The monoisotopic (exact) mass is 406 g/mol. The second-order valence-electron chi connectivity index (χ2n) is 5.33. The van der Waals surface area contributed by atoms with Crippen molar-refractivity contribution in [3.63, 3.8) is 0 Å². The number of hydrogen-bond acceptors (Lipinski definition) is 4. The van der Waals surface area contributed by atoms with E-state index in [4.69, 9.17) is 44.3 Å². The summed E-state index contributed by atoms with van der Waals surface area (Å²) in [6, 6.07) is 8.09. The highest BCUT2D eigenvalue weighted by Gasteiger charge is 2.21. The summed E-state index contributed by atoms with van der Waals surface area (Å²) < 4.78 is 35.9. The zero-order chi connectivity index (χ0) is 17.3. The molecule has 0 unspecified atom stereocenters. The summed E-state index contributed by atoms with van der Waals surface area (Å²) in [5.74, 6) is 0.440. The molecule has 0 spiro atoms.